The zero-order chi connectivity index (χ0) is 16.1. The summed E-state index contributed by atoms with van der Waals surface area (Å²) in [6, 6.07) is 4.70. The molecule has 0 atom stereocenters. The van der Waals surface area contributed by atoms with Crippen LogP contribution in [0.1, 0.15) is 43.0 Å². The quantitative estimate of drug-likeness (QED) is 0.845. The molecule has 1 fully saturated rings. The Hall–Kier alpha value is -1.26. The molecule has 0 bridgehead atoms. The van der Waals surface area contributed by atoms with Crippen molar-refractivity contribution >= 4 is 35.1 Å². The summed E-state index contributed by atoms with van der Waals surface area (Å²) in [5.74, 6) is -0.220. The number of rotatable bonds is 4. The van der Waals surface area contributed by atoms with Crippen LogP contribution < -0.4 is 5.32 Å². The lowest BCUT2D eigenvalue weighted by Gasteiger charge is -2.26. The van der Waals surface area contributed by atoms with Gasteiger partial charge in [0.25, 0.3) is 5.91 Å². The third-order valence-electron chi connectivity index (χ3n) is 3.86. The van der Waals surface area contributed by atoms with E-state index < -0.39 is 5.97 Å². The lowest BCUT2D eigenvalue weighted by molar-refractivity contribution is -0.125. The van der Waals surface area contributed by atoms with Crippen LogP contribution in [0, 0.1) is 5.92 Å². The standard InChI is InChI=1S/C16H19Cl2NO3/c1-10-2-5-12(6-3-10)19-15(20)9-22-16(21)13-8-11(17)4-7-14(13)18/h4,7-8,10,12H,2-3,5-6,9H2,1H3,(H,19,20). The van der Waals surface area contributed by atoms with Gasteiger partial charge in [0.1, 0.15) is 0 Å². The Labute approximate surface area is 140 Å². The molecule has 2 rings (SSSR count). The average molecular weight is 344 g/mol. The minimum absolute atomic E-state index is 0.161. The maximum atomic E-state index is 11.9. The monoisotopic (exact) mass is 343 g/mol. The van der Waals surface area contributed by atoms with Crippen molar-refractivity contribution in [2.75, 3.05) is 6.61 Å². The van der Waals surface area contributed by atoms with Gasteiger partial charge in [-0.05, 0) is 49.8 Å². The summed E-state index contributed by atoms with van der Waals surface area (Å²) in [5.41, 5.74) is 0.161. The van der Waals surface area contributed by atoms with Crippen molar-refractivity contribution in [2.45, 2.75) is 38.6 Å². The summed E-state index contributed by atoms with van der Waals surface area (Å²) in [6.07, 6.45) is 4.17. The number of halogens is 2. The zero-order valence-corrected chi connectivity index (χ0v) is 13.9. The molecule has 6 heteroatoms. The van der Waals surface area contributed by atoms with Crippen molar-refractivity contribution in [1.82, 2.24) is 5.32 Å². The van der Waals surface area contributed by atoms with Crippen LogP contribution in [-0.4, -0.2) is 24.5 Å². The van der Waals surface area contributed by atoms with E-state index in [1.54, 1.807) is 6.07 Å². The first-order valence-corrected chi connectivity index (χ1v) is 8.13. The van der Waals surface area contributed by atoms with Gasteiger partial charge in [-0.1, -0.05) is 30.1 Å². The predicted molar refractivity (Wildman–Crippen MR) is 86.3 cm³/mol. The Balaban J connectivity index is 1.80. The van der Waals surface area contributed by atoms with Crippen LogP contribution in [-0.2, 0) is 9.53 Å². The Bertz CT molecular complexity index is 554. The van der Waals surface area contributed by atoms with Gasteiger partial charge in [0.05, 0.1) is 10.6 Å². The van der Waals surface area contributed by atoms with Crippen molar-refractivity contribution in [3.05, 3.63) is 33.8 Å². The van der Waals surface area contributed by atoms with Crippen molar-refractivity contribution in [1.29, 1.82) is 0 Å². The number of hydrogen-bond donors (Lipinski definition) is 1. The van der Waals surface area contributed by atoms with Gasteiger partial charge in [-0.3, -0.25) is 4.79 Å². The third kappa shape index (κ3) is 4.89. The molecule has 120 valence electrons. The Morgan fingerprint density at radius 1 is 1.23 bits per heavy atom. The van der Waals surface area contributed by atoms with Crippen molar-refractivity contribution in [2.24, 2.45) is 5.92 Å². The van der Waals surface area contributed by atoms with Crippen molar-refractivity contribution in [3.63, 3.8) is 0 Å². The molecule has 1 saturated carbocycles. The van der Waals surface area contributed by atoms with Crippen molar-refractivity contribution < 1.29 is 14.3 Å². The maximum Gasteiger partial charge on any atom is 0.340 e. The van der Waals surface area contributed by atoms with E-state index in [2.05, 4.69) is 12.2 Å². The molecule has 1 aromatic rings. The molecule has 0 aromatic heterocycles. The Morgan fingerprint density at radius 3 is 2.59 bits per heavy atom. The van der Waals surface area contributed by atoms with Gasteiger partial charge in [0, 0.05) is 11.1 Å². The average Bonchev–Trinajstić information content (AvgIpc) is 2.49. The number of hydrogen-bond acceptors (Lipinski definition) is 3. The second-order valence-corrected chi connectivity index (χ2v) is 6.57. The minimum atomic E-state index is -0.653. The summed E-state index contributed by atoms with van der Waals surface area (Å²) in [4.78, 5) is 23.7. The third-order valence-corrected chi connectivity index (χ3v) is 4.43. The van der Waals surface area contributed by atoms with Gasteiger partial charge >= 0.3 is 5.97 Å². The highest BCUT2D eigenvalue weighted by Crippen LogP contribution is 2.23. The van der Waals surface area contributed by atoms with E-state index in [0.717, 1.165) is 31.6 Å². The molecule has 4 nitrogen and oxygen atoms in total. The lowest BCUT2D eigenvalue weighted by atomic mass is 9.87. The largest absolute Gasteiger partial charge is 0.452 e. The first-order chi connectivity index (χ1) is 10.5. The summed E-state index contributed by atoms with van der Waals surface area (Å²) in [7, 11) is 0. The van der Waals surface area contributed by atoms with Crippen LogP contribution in [0.2, 0.25) is 10.0 Å². The van der Waals surface area contributed by atoms with Crippen LogP contribution in [0.4, 0.5) is 0 Å². The van der Waals surface area contributed by atoms with E-state index >= 15 is 0 Å². The number of ether oxygens (including phenoxy) is 1. The minimum Gasteiger partial charge on any atom is -0.452 e. The fourth-order valence-electron chi connectivity index (χ4n) is 2.54. The van der Waals surface area contributed by atoms with Crippen molar-refractivity contribution in [3.8, 4) is 0 Å². The SMILES string of the molecule is CC1CCC(NC(=O)COC(=O)c2cc(Cl)ccc2Cl)CC1. The van der Waals surface area contributed by atoms with E-state index in [-0.39, 0.29) is 29.1 Å². The first kappa shape index (κ1) is 17.1. The molecule has 1 amide bonds. The van der Waals surface area contributed by atoms with Gasteiger partial charge in [-0.15, -0.1) is 0 Å². The van der Waals surface area contributed by atoms with Crippen LogP contribution in [0.25, 0.3) is 0 Å². The molecular weight excluding hydrogens is 325 g/mol. The van der Waals surface area contributed by atoms with Gasteiger partial charge in [-0.2, -0.15) is 0 Å². The van der Waals surface area contributed by atoms with Crippen LogP contribution in [0.15, 0.2) is 18.2 Å². The second-order valence-electron chi connectivity index (χ2n) is 5.72. The second kappa shape index (κ2) is 7.84. The normalized spacial score (nSPS) is 21.2. The molecule has 0 aliphatic heterocycles. The molecule has 1 aliphatic rings. The summed E-state index contributed by atoms with van der Waals surface area (Å²) in [6.45, 7) is 1.91. The summed E-state index contributed by atoms with van der Waals surface area (Å²) in [5, 5.41) is 3.53. The first-order valence-electron chi connectivity index (χ1n) is 7.37. The van der Waals surface area contributed by atoms with E-state index in [9.17, 15) is 9.59 Å². The molecule has 0 spiro atoms. The van der Waals surface area contributed by atoms with E-state index in [1.807, 2.05) is 0 Å². The zero-order valence-electron chi connectivity index (χ0n) is 12.4. The topological polar surface area (TPSA) is 55.4 Å². The summed E-state index contributed by atoms with van der Waals surface area (Å²) >= 11 is 11.7. The van der Waals surface area contributed by atoms with Crippen LogP contribution in [0.5, 0.6) is 0 Å². The number of amides is 1. The maximum absolute atomic E-state index is 11.9. The smallest absolute Gasteiger partial charge is 0.340 e. The fraction of sp³-hybridized carbons (Fsp3) is 0.500. The number of benzene rings is 1. The van der Waals surface area contributed by atoms with Crippen LogP contribution >= 0.6 is 23.2 Å². The van der Waals surface area contributed by atoms with Gasteiger partial charge < -0.3 is 10.1 Å². The highest BCUT2D eigenvalue weighted by Gasteiger charge is 2.20. The van der Waals surface area contributed by atoms with E-state index in [0.29, 0.717) is 5.02 Å². The van der Waals surface area contributed by atoms with E-state index in [1.165, 1.54) is 12.1 Å². The van der Waals surface area contributed by atoms with E-state index in [4.69, 9.17) is 27.9 Å². The molecule has 0 radical (unpaired) electrons. The molecule has 1 aromatic carbocycles. The number of esters is 1. The molecule has 22 heavy (non-hydrogen) atoms. The number of carbonyl (C=O) groups is 2. The van der Waals surface area contributed by atoms with Gasteiger partial charge in [0.2, 0.25) is 0 Å². The summed E-state index contributed by atoms with van der Waals surface area (Å²) < 4.78 is 4.99. The Kier molecular flexibility index (Phi) is 6.09. The van der Waals surface area contributed by atoms with Gasteiger partial charge in [-0.25, -0.2) is 4.79 Å². The molecule has 1 N–H and O–H groups in total. The Morgan fingerprint density at radius 2 is 1.91 bits per heavy atom. The lowest BCUT2D eigenvalue weighted by Crippen LogP contribution is -2.39. The molecule has 0 saturated heterocycles. The number of carbonyl (C=O) groups excluding carboxylic acids is 2. The van der Waals surface area contributed by atoms with Gasteiger partial charge in [0.15, 0.2) is 6.61 Å². The molecule has 0 unspecified atom stereocenters. The highest BCUT2D eigenvalue weighted by molar-refractivity contribution is 6.35. The number of nitrogens with one attached hydrogen (secondary N) is 1. The highest BCUT2D eigenvalue weighted by atomic mass is 35.5. The predicted octanol–water partition coefficient (Wildman–Crippen LogP) is 3.85. The van der Waals surface area contributed by atoms with Crippen LogP contribution in [0.3, 0.4) is 0 Å². The fourth-order valence-corrected chi connectivity index (χ4v) is 2.90. The molecule has 1 aliphatic carbocycles. The molecule has 0 heterocycles. The molecular formula is C16H19Cl2NO3.